The minimum Gasteiger partial charge on any atom is -0.494 e. The summed E-state index contributed by atoms with van der Waals surface area (Å²) in [4.78, 5) is 4.29. The molecule has 0 bridgehead atoms. The van der Waals surface area contributed by atoms with E-state index in [-0.39, 0.29) is 6.04 Å². The number of aromatic nitrogens is 1. The Labute approximate surface area is 126 Å². The molecule has 0 saturated carbocycles. The van der Waals surface area contributed by atoms with Crippen molar-refractivity contribution in [3.63, 3.8) is 0 Å². The molecule has 2 aromatic rings. The third-order valence-corrected chi connectivity index (χ3v) is 3.24. The van der Waals surface area contributed by atoms with E-state index in [1.54, 1.807) is 13.3 Å². The number of pyridine rings is 1. The van der Waals surface area contributed by atoms with Crippen molar-refractivity contribution in [2.75, 3.05) is 20.3 Å². The van der Waals surface area contributed by atoms with E-state index < -0.39 is 0 Å². The molecule has 4 heteroatoms. The predicted molar refractivity (Wildman–Crippen MR) is 83.9 cm³/mol. The van der Waals surface area contributed by atoms with E-state index in [0.717, 1.165) is 23.4 Å². The molecule has 1 heterocycles. The fourth-order valence-corrected chi connectivity index (χ4v) is 2.33. The quantitative estimate of drug-likeness (QED) is 0.849. The van der Waals surface area contributed by atoms with Crippen LogP contribution < -0.4 is 14.8 Å². The van der Waals surface area contributed by atoms with E-state index in [1.807, 2.05) is 31.2 Å². The number of ether oxygens (including phenoxy) is 2. The summed E-state index contributed by atoms with van der Waals surface area (Å²) in [7, 11) is 1.65. The first-order valence-corrected chi connectivity index (χ1v) is 7.25. The lowest BCUT2D eigenvalue weighted by molar-refractivity contribution is 0.340. The van der Waals surface area contributed by atoms with Crippen molar-refractivity contribution in [1.29, 1.82) is 0 Å². The summed E-state index contributed by atoms with van der Waals surface area (Å²) >= 11 is 0. The molecule has 0 radical (unpaired) electrons. The highest BCUT2D eigenvalue weighted by Crippen LogP contribution is 2.29. The molecule has 0 aliphatic rings. The minimum atomic E-state index is 0.0503. The fraction of sp³-hybridized carbons (Fsp3) is 0.353. The van der Waals surface area contributed by atoms with Gasteiger partial charge in [-0.15, -0.1) is 0 Å². The zero-order valence-corrected chi connectivity index (χ0v) is 12.8. The smallest absolute Gasteiger partial charge is 0.218 e. The molecule has 1 unspecified atom stereocenters. The normalized spacial score (nSPS) is 12.0. The molecule has 0 amide bonds. The van der Waals surface area contributed by atoms with Crippen molar-refractivity contribution in [1.82, 2.24) is 10.3 Å². The summed E-state index contributed by atoms with van der Waals surface area (Å²) in [6.45, 7) is 5.60. The Hall–Kier alpha value is -2.07. The average molecular weight is 286 g/mol. The largest absolute Gasteiger partial charge is 0.494 e. The molecule has 1 aromatic heterocycles. The van der Waals surface area contributed by atoms with Crippen LogP contribution in [0, 0.1) is 0 Å². The number of nitrogens with one attached hydrogen (secondary N) is 1. The third kappa shape index (κ3) is 3.73. The van der Waals surface area contributed by atoms with Crippen molar-refractivity contribution in [2.24, 2.45) is 0 Å². The monoisotopic (exact) mass is 286 g/mol. The first-order chi connectivity index (χ1) is 10.3. The van der Waals surface area contributed by atoms with Crippen LogP contribution >= 0.6 is 0 Å². The molecule has 0 aliphatic carbocycles. The standard InChI is InChI=1S/C17H22N2O2/c1-4-18-16(15-7-6-12-19-17(15)20-3)13-8-10-14(11-9-13)21-5-2/h6-12,16,18H,4-5H2,1-3H3. The molecule has 0 saturated heterocycles. The molecule has 1 N–H and O–H groups in total. The third-order valence-electron chi connectivity index (χ3n) is 3.24. The number of benzene rings is 1. The summed E-state index contributed by atoms with van der Waals surface area (Å²) in [6.07, 6.45) is 1.74. The van der Waals surface area contributed by atoms with Gasteiger partial charge in [0.25, 0.3) is 0 Å². The summed E-state index contributed by atoms with van der Waals surface area (Å²) < 4.78 is 10.9. The predicted octanol–water partition coefficient (Wildman–Crippen LogP) is 3.19. The maximum absolute atomic E-state index is 5.49. The molecule has 1 aromatic carbocycles. The van der Waals surface area contributed by atoms with E-state index in [2.05, 4.69) is 29.4 Å². The molecular weight excluding hydrogens is 264 g/mol. The Morgan fingerprint density at radius 2 is 1.90 bits per heavy atom. The van der Waals surface area contributed by atoms with E-state index in [4.69, 9.17) is 9.47 Å². The van der Waals surface area contributed by atoms with Gasteiger partial charge in [-0.2, -0.15) is 0 Å². The van der Waals surface area contributed by atoms with E-state index >= 15 is 0 Å². The molecule has 1 atom stereocenters. The van der Waals surface area contributed by atoms with Crippen molar-refractivity contribution in [3.8, 4) is 11.6 Å². The van der Waals surface area contributed by atoms with Gasteiger partial charge in [0.2, 0.25) is 5.88 Å². The second kappa shape index (κ2) is 7.64. The maximum atomic E-state index is 5.49. The van der Waals surface area contributed by atoms with Gasteiger partial charge in [0.1, 0.15) is 5.75 Å². The summed E-state index contributed by atoms with van der Waals surface area (Å²) in [6, 6.07) is 12.1. The van der Waals surface area contributed by atoms with Crippen LogP contribution in [0.4, 0.5) is 0 Å². The minimum absolute atomic E-state index is 0.0503. The first kappa shape index (κ1) is 15.3. The highest BCUT2D eigenvalue weighted by Gasteiger charge is 2.17. The van der Waals surface area contributed by atoms with Crippen molar-refractivity contribution >= 4 is 0 Å². The fourth-order valence-electron chi connectivity index (χ4n) is 2.33. The second-order valence-corrected chi connectivity index (χ2v) is 4.59. The Morgan fingerprint density at radius 1 is 1.14 bits per heavy atom. The number of methoxy groups -OCH3 is 1. The van der Waals surface area contributed by atoms with Crippen LogP contribution in [0.5, 0.6) is 11.6 Å². The molecule has 0 aliphatic heterocycles. The van der Waals surface area contributed by atoms with Crippen molar-refractivity contribution in [3.05, 3.63) is 53.7 Å². The number of hydrogen-bond acceptors (Lipinski definition) is 4. The van der Waals surface area contributed by atoms with Crippen LogP contribution in [0.25, 0.3) is 0 Å². The van der Waals surface area contributed by atoms with Crippen LogP contribution in [0.1, 0.15) is 31.0 Å². The molecule has 4 nitrogen and oxygen atoms in total. The Kier molecular flexibility index (Phi) is 5.58. The van der Waals surface area contributed by atoms with Crippen molar-refractivity contribution in [2.45, 2.75) is 19.9 Å². The van der Waals surface area contributed by atoms with Gasteiger partial charge in [-0.05, 0) is 37.2 Å². The van der Waals surface area contributed by atoms with Gasteiger partial charge in [0.15, 0.2) is 0 Å². The first-order valence-electron chi connectivity index (χ1n) is 7.25. The average Bonchev–Trinajstić information content (AvgIpc) is 2.54. The van der Waals surface area contributed by atoms with Gasteiger partial charge in [0, 0.05) is 11.8 Å². The zero-order valence-electron chi connectivity index (χ0n) is 12.8. The summed E-state index contributed by atoms with van der Waals surface area (Å²) in [5.41, 5.74) is 2.19. The van der Waals surface area contributed by atoms with Gasteiger partial charge in [-0.25, -0.2) is 4.98 Å². The lowest BCUT2D eigenvalue weighted by Gasteiger charge is -2.20. The van der Waals surface area contributed by atoms with Gasteiger partial charge >= 0.3 is 0 Å². The van der Waals surface area contributed by atoms with Crippen LogP contribution in [-0.4, -0.2) is 25.2 Å². The number of nitrogens with zero attached hydrogens (tertiary/aromatic N) is 1. The summed E-state index contributed by atoms with van der Waals surface area (Å²) in [5, 5.41) is 3.48. The number of rotatable bonds is 7. The van der Waals surface area contributed by atoms with Crippen LogP contribution in [0.15, 0.2) is 42.6 Å². The van der Waals surface area contributed by atoms with Crippen LogP contribution in [-0.2, 0) is 0 Å². The maximum Gasteiger partial charge on any atom is 0.218 e. The SMILES string of the molecule is CCNC(c1ccc(OCC)cc1)c1cccnc1OC. The van der Waals surface area contributed by atoms with Crippen molar-refractivity contribution < 1.29 is 9.47 Å². The number of hydrogen-bond donors (Lipinski definition) is 1. The van der Waals surface area contributed by atoms with Crippen LogP contribution in [0.2, 0.25) is 0 Å². The Balaban J connectivity index is 2.33. The molecule has 0 spiro atoms. The van der Waals surface area contributed by atoms with Gasteiger partial charge in [-0.3, -0.25) is 0 Å². The summed E-state index contributed by atoms with van der Waals surface area (Å²) in [5.74, 6) is 1.53. The lowest BCUT2D eigenvalue weighted by atomic mass is 9.99. The Bertz CT molecular complexity index is 555. The molecule has 0 fully saturated rings. The molecule has 2 rings (SSSR count). The van der Waals surface area contributed by atoms with E-state index in [1.165, 1.54) is 0 Å². The zero-order chi connectivity index (χ0) is 15.1. The van der Waals surface area contributed by atoms with E-state index in [0.29, 0.717) is 12.5 Å². The molecular formula is C17H22N2O2. The van der Waals surface area contributed by atoms with E-state index in [9.17, 15) is 0 Å². The molecule has 21 heavy (non-hydrogen) atoms. The molecule has 112 valence electrons. The van der Waals surface area contributed by atoms with Crippen LogP contribution in [0.3, 0.4) is 0 Å². The second-order valence-electron chi connectivity index (χ2n) is 4.59. The highest BCUT2D eigenvalue weighted by atomic mass is 16.5. The highest BCUT2D eigenvalue weighted by molar-refractivity contribution is 5.39. The lowest BCUT2D eigenvalue weighted by Crippen LogP contribution is -2.22. The topological polar surface area (TPSA) is 43.4 Å². The van der Waals surface area contributed by atoms with Gasteiger partial charge in [-0.1, -0.05) is 25.1 Å². The Morgan fingerprint density at radius 3 is 2.52 bits per heavy atom. The van der Waals surface area contributed by atoms with Gasteiger partial charge < -0.3 is 14.8 Å². The van der Waals surface area contributed by atoms with Gasteiger partial charge in [0.05, 0.1) is 19.8 Å².